The summed E-state index contributed by atoms with van der Waals surface area (Å²) in [4.78, 5) is 26.5. The predicted octanol–water partition coefficient (Wildman–Crippen LogP) is 2.53. The molecular weight excluding hydrogens is 406 g/mol. The first kappa shape index (κ1) is 20.9. The number of benzene rings is 1. The minimum atomic E-state index is -3.78. The summed E-state index contributed by atoms with van der Waals surface area (Å²) in [5.41, 5.74) is 2.05. The second kappa shape index (κ2) is 8.77. The molecule has 1 aromatic carbocycles. The predicted molar refractivity (Wildman–Crippen MR) is 112 cm³/mol. The molecule has 2 N–H and O–H groups in total. The van der Waals surface area contributed by atoms with Gasteiger partial charge < -0.3 is 9.73 Å². The Morgan fingerprint density at radius 2 is 2.13 bits per heavy atom. The third-order valence-corrected chi connectivity index (χ3v) is 7.78. The summed E-state index contributed by atoms with van der Waals surface area (Å²) in [5.74, 6) is -1.07. The molecule has 1 amide bonds. The number of carbonyl (C=O) groups excluding carboxylic acids is 1. The molecule has 1 saturated heterocycles. The summed E-state index contributed by atoms with van der Waals surface area (Å²) in [6.45, 7) is 1.12. The van der Waals surface area contributed by atoms with Crippen LogP contribution in [0.4, 0.5) is 0 Å². The molecule has 0 spiro atoms. The Balaban J connectivity index is 1.39. The molecule has 0 radical (unpaired) electrons. The number of hydrogen-bond acceptors (Lipinski definition) is 5. The van der Waals surface area contributed by atoms with Crippen LogP contribution in [0, 0.1) is 5.92 Å². The first-order chi connectivity index (χ1) is 14.4. The molecule has 4 rings (SSSR count). The number of nitrogens with zero attached hydrogens (tertiary/aromatic N) is 1. The quantitative estimate of drug-likeness (QED) is 0.680. The minimum absolute atomic E-state index is 0.0584. The van der Waals surface area contributed by atoms with Gasteiger partial charge in [0.05, 0.1) is 16.3 Å². The molecule has 8 nitrogen and oxygen atoms in total. The number of nitrogens with one attached hydrogen (secondary N) is 2. The number of allylic oxidation sites excluding steroid dienone is 1. The molecule has 30 heavy (non-hydrogen) atoms. The van der Waals surface area contributed by atoms with Gasteiger partial charge in [0.2, 0.25) is 15.9 Å². The lowest BCUT2D eigenvalue weighted by atomic mass is 9.96. The van der Waals surface area contributed by atoms with Crippen LogP contribution in [0.2, 0.25) is 0 Å². The van der Waals surface area contributed by atoms with Crippen LogP contribution in [0.25, 0.3) is 11.1 Å². The summed E-state index contributed by atoms with van der Waals surface area (Å²) >= 11 is 0. The Kier molecular flexibility index (Phi) is 6.10. The first-order valence-corrected chi connectivity index (χ1v) is 12.0. The van der Waals surface area contributed by atoms with E-state index in [1.807, 2.05) is 0 Å². The van der Waals surface area contributed by atoms with Gasteiger partial charge in [0.1, 0.15) is 0 Å². The fourth-order valence-electron chi connectivity index (χ4n) is 4.23. The van der Waals surface area contributed by atoms with Crippen LogP contribution in [-0.4, -0.2) is 43.2 Å². The van der Waals surface area contributed by atoms with Gasteiger partial charge in [-0.25, -0.2) is 13.2 Å². The molecule has 1 aromatic heterocycles. The number of amides is 1. The van der Waals surface area contributed by atoms with E-state index in [-0.39, 0.29) is 28.8 Å². The van der Waals surface area contributed by atoms with Crippen LogP contribution >= 0.6 is 0 Å². The Bertz CT molecular complexity index is 1120. The summed E-state index contributed by atoms with van der Waals surface area (Å²) < 4.78 is 32.5. The van der Waals surface area contributed by atoms with Crippen molar-refractivity contribution in [2.75, 3.05) is 19.6 Å². The third kappa shape index (κ3) is 4.52. The highest BCUT2D eigenvalue weighted by molar-refractivity contribution is 7.89. The van der Waals surface area contributed by atoms with E-state index in [1.54, 1.807) is 0 Å². The largest absolute Gasteiger partial charge is 0.417 e. The van der Waals surface area contributed by atoms with Crippen molar-refractivity contribution in [3.05, 3.63) is 40.4 Å². The molecule has 0 saturated carbocycles. The number of fused-ring (bicyclic) bond motifs is 1. The van der Waals surface area contributed by atoms with Gasteiger partial charge in [-0.15, -0.1) is 0 Å². The summed E-state index contributed by atoms with van der Waals surface area (Å²) in [6.07, 6.45) is 9.12. The van der Waals surface area contributed by atoms with E-state index in [4.69, 9.17) is 4.42 Å². The average molecular weight is 434 g/mol. The molecule has 9 heteroatoms. The lowest BCUT2D eigenvalue weighted by Gasteiger charge is -2.31. The molecule has 2 aliphatic rings. The molecule has 1 atom stereocenters. The Labute approximate surface area is 175 Å². The van der Waals surface area contributed by atoms with E-state index in [9.17, 15) is 18.0 Å². The number of oxazole rings is 1. The highest BCUT2D eigenvalue weighted by Crippen LogP contribution is 2.26. The van der Waals surface area contributed by atoms with Gasteiger partial charge in [0.15, 0.2) is 5.58 Å². The normalized spacial score (nSPS) is 20.8. The molecule has 1 fully saturated rings. The maximum Gasteiger partial charge on any atom is 0.417 e. The Morgan fingerprint density at radius 1 is 1.27 bits per heavy atom. The zero-order chi connectivity index (χ0) is 21.1. The number of sulfonamides is 1. The van der Waals surface area contributed by atoms with Crippen molar-refractivity contribution in [3.63, 3.8) is 0 Å². The SMILES string of the molecule is O=C(NCCC1=CCCCC1)[C@H]1CCCN(S(=O)(=O)c2ccc3[nH]c(=O)oc3c2)C1. The molecular formula is C21H27N3O5S. The van der Waals surface area contributed by atoms with Crippen molar-refractivity contribution in [2.24, 2.45) is 5.92 Å². The maximum atomic E-state index is 13.1. The standard InChI is InChI=1S/C21H27N3O5S/c25-20(22-11-10-15-5-2-1-3-6-15)16-7-4-12-24(14-16)30(27,28)17-8-9-18-19(13-17)29-21(26)23-18/h5,8-9,13,16H,1-4,6-7,10-12,14H2,(H,22,25)(H,23,26)/t16-/m0/s1. The molecule has 0 unspecified atom stereocenters. The molecule has 162 valence electrons. The highest BCUT2D eigenvalue weighted by atomic mass is 32.2. The molecule has 1 aliphatic carbocycles. The Morgan fingerprint density at radius 3 is 2.93 bits per heavy atom. The third-order valence-electron chi connectivity index (χ3n) is 5.92. The van der Waals surface area contributed by atoms with Crippen molar-refractivity contribution < 1.29 is 17.6 Å². The first-order valence-electron chi connectivity index (χ1n) is 10.5. The maximum absolute atomic E-state index is 13.1. The molecule has 2 heterocycles. The summed E-state index contributed by atoms with van der Waals surface area (Å²) in [7, 11) is -3.78. The van der Waals surface area contributed by atoms with E-state index >= 15 is 0 Å². The van der Waals surface area contributed by atoms with E-state index in [0.717, 1.165) is 19.3 Å². The number of aromatic amines is 1. The van der Waals surface area contributed by atoms with Gasteiger partial charge in [-0.2, -0.15) is 4.31 Å². The highest BCUT2D eigenvalue weighted by Gasteiger charge is 2.33. The minimum Gasteiger partial charge on any atom is -0.408 e. The lowest BCUT2D eigenvalue weighted by molar-refractivity contribution is -0.126. The Hall–Kier alpha value is -2.39. The van der Waals surface area contributed by atoms with Crippen LogP contribution in [0.1, 0.15) is 44.9 Å². The van der Waals surface area contributed by atoms with Crippen LogP contribution < -0.4 is 11.1 Å². The van der Waals surface area contributed by atoms with E-state index in [1.165, 1.54) is 40.9 Å². The average Bonchev–Trinajstić information content (AvgIpc) is 3.13. The van der Waals surface area contributed by atoms with Crippen molar-refractivity contribution in [2.45, 2.75) is 49.8 Å². The smallest absolute Gasteiger partial charge is 0.408 e. The number of hydrogen-bond donors (Lipinski definition) is 2. The van der Waals surface area contributed by atoms with Crippen LogP contribution in [0.3, 0.4) is 0 Å². The monoisotopic (exact) mass is 433 g/mol. The van der Waals surface area contributed by atoms with Crippen LogP contribution in [0.15, 0.2) is 44.0 Å². The number of piperidine rings is 1. The van der Waals surface area contributed by atoms with Crippen molar-refractivity contribution in [1.29, 1.82) is 0 Å². The lowest BCUT2D eigenvalue weighted by Crippen LogP contribution is -2.45. The van der Waals surface area contributed by atoms with Gasteiger partial charge in [-0.3, -0.25) is 9.78 Å². The second-order valence-corrected chi connectivity index (χ2v) is 9.96. The summed E-state index contributed by atoms with van der Waals surface area (Å²) in [5, 5.41) is 2.98. The van der Waals surface area contributed by atoms with E-state index in [0.29, 0.717) is 31.4 Å². The number of carbonyl (C=O) groups is 1. The summed E-state index contributed by atoms with van der Waals surface area (Å²) in [6, 6.07) is 4.32. The molecule has 0 bridgehead atoms. The van der Waals surface area contributed by atoms with Gasteiger partial charge in [0, 0.05) is 25.7 Å². The van der Waals surface area contributed by atoms with E-state index < -0.39 is 15.8 Å². The number of aromatic nitrogens is 1. The van der Waals surface area contributed by atoms with Gasteiger partial charge in [-0.05, 0) is 57.1 Å². The van der Waals surface area contributed by atoms with Crippen LogP contribution in [-0.2, 0) is 14.8 Å². The van der Waals surface area contributed by atoms with Gasteiger partial charge >= 0.3 is 5.76 Å². The zero-order valence-corrected chi connectivity index (χ0v) is 17.7. The van der Waals surface area contributed by atoms with Gasteiger partial charge in [-0.1, -0.05) is 11.6 Å². The zero-order valence-electron chi connectivity index (χ0n) is 16.9. The fourth-order valence-corrected chi connectivity index (χ4v) is 5.77. The van der Waals surface area contributed by atoms with Crippen LogP contribution in [0.5, 0.6) is 0 Å². The van der Waals surface area contributed by atoms with Crippen molar-refractivity contribution >= 4 is 27.0 Å². The number of rotatable bonds is 6. The van der Waals surface area contributed by atoms with Crippen molar-refractivity contribution in [3.8, 4) is 0 Å². The topological polar surface area (TPSA) is 112 Å². The second-order valence-electron chi connectivity index (χ2n) is 8.02. The molecule has 2 aromatic rings. The molecule has 1 aliphatic heterocycles. The number of H-pyrrole nitrogens is 1. The fraction of sp³-hybridized carbons (Fsp3) is 0.524. The van der Waals surface area contributed by atoms with Gasteiger partial charge in [0.25, 0.3) is 0 Å². The van der Waals surface area contributed by atoms with E-state index in [2.05, 4.69) is 16.4 Å². The van der Waals surface area contributed by atoms with Crippen molar-refractivity contribution in [1.82, 2.24) is 14.6 Å².